The summed E-state index contributed by atoms with van der Waals surface area (Å²) < 4.78 is 11.3. The monoisotopic (exact) mass is 497 g/mol. The number of aromatic hydroxyl groups is 1. The van der Waals surface area contributed by atoms with Gasteiger partial charge in [0.15, 0.2) is 0 Å². The van der Waals surface area contributed by atoms with E-state index in [1.165, 1.54) is 7.11 Å². The molecule has 2 fully saturated rings. The molecular weight excluding hydrogens is 466 g/mol. The minimum absolute atomic E-state index is 0.106. The molecule has 2 atom stereocenters. The van der Waals surface area contributed by atoms with Crippen LogP contribution in [0.25, 0.3) is 0 Å². The van der Waals surface area contributed by atoms with Crippen molar-refractivity contribution in [2.24, 2.45) is 0 Å². The van der Waals surface area contributed by atoms with Crippen LogP contribution in [0.5, 0.6) is 11.5 Å². The number of piperidine rings is 1. The van der Waals surface area contributed by atoms with E-state index >= 15 is 0 Å². The van der Waals surface area contributed by atoms with E-state index in [1.54, 1.807) is 19.2 Å². The van der Waals surface area contributed by atoms with E-state index in [1.807, 2.05) is 4.90 Å². The number of rotatable bonds is 8. The average molecular weight is 498 g/mol. The summed E-state index contributed by atoms with van der Waals surface area (Å²) in [6, 6.07) is 3.09. The van der Waals surface area contributed by atoms with Crippen LogP contribution in [-0.2, 0) is 9.53 Å². The zero-order chi connectivity index (χ0) is 22.4. The van der Waals surface area contributed by atoms with E-state index in [0.29, 0.717) is 23.2 Å². The number of ether oxygens (including phenoxy) is 2. The van der Waals surface area contributed by atoms with E-state index in [2.05, 4.69) is 26.1 Å². The molecular formula is C22H32BrN3O5. The zero-order valence-electron chi connectivity index (χ0n) is 18.2. The van der Waals surface area contributed by atoms with E-state index in [9.17, 15) is 14.7 Å². The molecule has 2 aliphatic rings. The van der Waals surface area contributed by atoms with Crippen LogP contribution < -0.4 is 10.1 Å². The van der Waals surface area contributed by atoms with Gasteiger partial charge >= 0.3 is 0 Å². The molecule has 2 saturated heterocycles. The maximum absolute atomic E-state index is 12.9. The van der Waals surface area contributed by atoms with Crippen LogP contribution >= 0.6 is 15.9 Å². The van der Waals surface area contributed by atoms with Gasteiger partial charge in [0.05, 0.1) is 23.7 Å². The Balaban J connectivity index is 1.52. The van der Waals surface area contributed by atoms with Gasteiger partial charge < -0.3 is 29.7 Å². The molecule has 2 amide bonds. The molecule has 0 spiro atoms. The number of carbonyl (C=O) groups is 2. The van der Waals surface area contributed by atoms with Crippen LogP contribution in [0.15, 0.2) is 16.6 Å². The fourth-order valence-corrected chi connectivity index (χ4v) is 4.67. The first-order valence-electron chi connectivity index (χ1n) is 10.8. The summed E-state index contributed by atoms with van der Waals surface area (Å²) in [5.41, 5.74) is 0.106. The highest BCUT2D eigenvalue weighted by Gasteiger charge is 2.32. The third-order valence-electron chi connectivity index (χ3n) is 6.12. The molecule has 2 aliphatic heterocycles. The first-order chi connectivity index (χ1) is 14.9. The summed E-state index contributed by atoms with van der Waals surface area (Å²) in [4.78, 5) is 29.4. The number of phenolic OH excluding ortho intramolecular Hbond substituents is 1. The predicted octanol–water partition coefficient (Wildman–Crippen LogP) is 2.39. The molecule has 3 rings (SSSR count). The van der Waals surface area contributed by atoms with Crippen molar-refractivity contribution < 1.29 is 24.2 Å². The summed E-state index contributed by atoms with van der Waals surface area (Å²) >= 11 is 3.25. The number of hydrogen-bond donors (Lipinski definition) is 2. The summed E-state index contributed by atoms with van der Waals surface area (Å²) in [6.45, 7) is 4.12. The number of likely N-dealkylation sites (tertiary alicyclic amines) is 2. The van der Waals surface area contributed by atoms with Gasteiger partial charge in [0.2, 0.25) is 5.91 Å². The SMILES string of the molecule is COc1ccc(Br)c(O)c1C(=O)N[C@@H]1CCN(CCCC(=O)N2CCCC2)C[C@@H]1OC. The second-order valence-corrected chi connectivity index (χ2v) is 8.96. The predicted molar refractivity (Wildman–Crippen MR) is 121 cm³/mol. The van der Waals surface area contributed by atoms with E-state index in [-0.39, 0.29) is 29.4 Å². The Bertz CT molecular complexity index is 785. The molecule has 1 aromatic rings. The summed E-state index contributed by atoms with van der Waals surface area (Å²) in [7, 11) is 3.10. The lowest BCUT2D eigenvalue weighted by atomic mass is 10.00. The lowest BCUT2D eigenvalue weighted by Gasteiger charge is -2.38. The summed E-state index contributed by atoms with van der Waals surface area (Å²) in [5, 5.41) is 13.3. The van der Waals surface area contributed by atoms with Gasteiger partial charge in [0, 0.05) is 39.7 Å². The average Bonchev–Trinajstić information content (AvgIpc) is 3.31. The van der Waals surface area contributed by atoms with Gasteiger partial charge in [-0.3, -0.25) is 9.59 Å². The highest BCUT2D eigenvalue weighted by atomic mass is 79.9. The van der Waals surface area contributed by atoms with Gasteiger partial charge in [-0.2, -0.15) is 0 Å². The third-order valence-corrected chi connectivity index (χ3v) is 6.76. The molecule has 0 unspecified atom stereocenters. The van der Waals surface area contributed by atoms with Gasteiger partial charge in [-0.15, -0.1) is 0 Å². The van der Waals surface area contributed by atoms with Crippen LogP contribution in [0, 0.1) is 0 Å². The molecule has 31 heavy (non-hydrogen) atoms. The topological polar surface area (TPSA) is 91.3 Å². The van der Waals surface area contributed by atoms with Crippen LogP contribution in [-0.4, -0.2) is 85.8 Å². The number of phenols is 1. The minimum Gasteiger partial charge on any atom is -0.506 e. The van der Waals surface area contributed by atoms with E-state index in [4.69, 9.17) is 9.47 Å². The van der Waals surface area contributed by atoms with Crippen LogP contribution in [0.2, 0.25) is 0 Å². The van der Waals surface area contributed by atoms with Crippen molar-refractivity contribution in [3.8, 4) is 11.5 Å². The van der Waals surface area contributed by atoms with Crippen molar-refractivity contribution in [3.05, 3.63) is 22.2 Å². The molecule has 0 aromatic heterocycles. The lowest BCUT2D eigenvalue weighted by Crippen LogP contribution is -2.55. The van der Waals surface area contributed by atoms with Crippen molar-refractivity contribution >= 4 is 27.7 Å². The van der Waals surface area contributed by atoms with Crippen LogP contribution in [0.4, 0.5) is 0 Å². The molecule has 9 heteroatoms. The third kappa shape index (κ3) is 5.90. The van der Waals surface area contributed by atoms with Crippen molar-refractivity contribution in [2.45, 2.75) is 44.2 Å². The van der Waals surface area contributed by atoms with Gasteiger partial charge in [0.25, 0.3) is 5.91 Å². The van der Waals surface area contributed by atoms with Gasteiger partial charge in [-0.05, 0) is 60.3 Å². The number of methoxy groups -OCH3 is 2. The molecule has 2 heterocycles. The van der Waals surface area contributed by atoms with Crippen molar-refractivity contribution in [2.75, 3.05) is 46.9 Å². The molecule has 0 bridgehead atoms. The first kappa shape index (κ1) is 23.8. The number of halogens is 1. The summed E-state index contributed by atoms with van der Waals surface area (Å²) in [6.07, 6.45) is 4.19. The van der Waals surface area contributed by atoms with Gasteiger partial charge in [0.1, 0.15) is 17.1 Å². The number of amides is 2. The lowest BCUT2D eigenvalue weighted by molar-refractivity contribution is -0.130. The van der Waals surface area contributed by atoms with E-state index in [0.717, 1.165) is 51.9 Å². The molecule has 0 radical (unpaired) electrons. The van der Waals surface area contributed by atoms with Gasteiger partial charge in [-0.25, -0.2) is 0 Å². The van der Waals surface area contributed by atoms with Crippen molar-refractivity contribution in [3.63, 3.8) is 0 Å². The Morgan fingerprint density at radius 2 is 1.97 bits per heavy atom. The van der Waals surface area contributed by atoms with Crippen molar-refractivity contribution in [1.82, 2.24) is 15.1 Å². The smallest absolute Gasteiger partial charge is 0.259 e. The second-order valence-electron chi connectivity index (χ2n) is 8.11. The number of nitrogens with one attached hydrogen (secondary N) is 1. The number of benzene rings is 1. The van der Waals surface area contributed by atoms with Crippen molar-refractivity contribution in [1.29, 1.82) is 0 Å². The Kier molecular flexibility index (Phi) is 8.57. The Hall–Kier alpha value is -1.84. The zero-order valence-corrected chi connectivity index (χ0v) is 19.8. The fraction of sp³-hybridized carbons (Fsp3) is 0.636. The molecule has 8 nitrogen and oxygen atoms in total. The molecule has 172 valence electrons. The standard InChI is InChI=1S/C22H32BrN3O5/c1-30-17-8-7-15(23)21(28)20(17)22(29)24-16-9-13-25(14-18(16)31-2)10-5-6-19(27)26-11-3-4-12-26/h7-8,16,18,28H,3-6,9-14H2,1-2H3,(H,24,29)/t16-,18+/m1/s1. The molecule has 2 N–H and O–H groups in total. The quantitative estimate of drug-likeness (QED) is 0.572. The number of hydrogen-bond acceptors (Lipinski definition) is 6. The van der Waals surface area contributed by atoms with Crippen LogP contribution in [0.1, 0.15) is 42.5 Å². The Morgan fingerprint density at radius 1 is 1.23 bits per heavy atom. The fourth-order valence-electron chi connectivity index (χ4n) is 4.34. The maximum atomic E-state index is 12.9. The molecule has 1 aromatic carbocycles. The highest BCUT2D eigenvalue weighted by Crippen LogP contribution is 2.34. The molecule has 0 saturated carbocycles. The highest BCUT2D eigenvalue weighted by molar-refractivity contribution is 9.10. The minimum atomic E-state index is -0.396. The Labute approximate surface area is 192 Å². The largest absolute Gasteiger partial charge is 0.506 e. The second kappa shape index (κ2) is 11.2. The summed E-state index contributed by atoms with van der Waals surface area (Å²) in [5.74, 6) is 0.0243. The molecule has 0 aliphatic carbocycles. The number of carbonyl (C=O) groups excluding carboxylic acids is 2. The van der Waals surface area contributed by atoms with Gasteiger partial charge in [-0.1, -0.05) is 0 Å². The maximum Gasteiger partial charge on any atom is 0.259 e. The van der Waals surface area contributed by atoms with E-state index < -0.39 is 5.91 Å². The Morgan fingerprint density at radius 3 is 2.65 bits per heavy atom. The first-order valence-corrected chi connectivity index (χ1v) is 11.6. The normalized spacial score (nSPS) is 21.8. The van der Waals surface area contributed by atoms with Crippen LogP contribution in [0.3, 0.4) is 0 Å². The number of nitrogens with zero attached hydrogens (tertiary/aromatic N) is 2.